The highest BCUT2D eigenvalue weighted by Crippen LogP contribution is 2.33. The Labute approximate surface area is 140 Å². The molecule has 7 heteroatoms. The average molecular weight is 330 g/mol. The third kappa shape index (κ3) is 2.50. The van der Waals surface area contributed by atoms with Crippen LogP contribution >= 0.6 is 0 Å². The summed E-state index contributed by atoms with van der Waals surface area (Å²) in [5.74, 6) is 1.05. The van der Waals surface area contributed by atoms with Gasteiger partial charge < -0.3 is 9.73 Å². The predicted octanol–water partition coefficient (Wildman–Crippen LogP) is 2.64. The van der Waals surface area contributed by atoms with Crippen LogP contribution in [0, 0.1) is 13.8 Å². The fourth-order valence-corrected chi connectivity index (χ4v) is 3.06. The Morgan fingerprint density at radius 3 is 2.58 bits per heavy atom. The number of aromatic nitrogens is 2. The van der Waals surface area contributed by atoms with Crippen molar-refractivity contribution in [1.82, 2.24) is 20.0 Å². The molecule has 2 aromatic heterocycles. The number of nitrogens with one attached hydrogen (secondary N) is 1. The third-order valence-corrected chi connectivity index (χ3v) is 4.37. The van der Waals surface area contributed by atoms with Gasteiger partial charge in [-0.25, -0.2) is 4.79 Å². The van der Waals surface area contributed by atoms with E-state index in [1.54, 1.807) is 24.6 Å². The van der Waals surface area contributed by atoms with Gasteiger partial charge in [-0.15, -0.1) is 0 Å². The summed E-state index contributed by atoms with van der Waals surface area (Å²) in [5, 5.41) is 7.20. The van der Waals surface area contributed by atoms with Crippen LogP contribution in [-0.2, 0) is 16.9 Å². The number of nitrogens with zero attached hydrogens (tertiary/aromatic N) is 3. The second kappa shape index (κ2) is 5.51. The van der Waals surface area contributed by atoms with E-state index in [1.165, 1.54) is 4.90 Å². The Bertz CT molecular complexity index is 805. The topological polar surface area (TPSA) is 80.4 Å². The number of urea groups is 1. The maximum absolute atomic E-state index is 12.9. The molecule has 128 valence electrons. The number of carbonyl (C=O) groups is 2. The van der Waals surface area contributed by atoms with Gasteiger partial charge in [0.2, 0.25) is 0 Å². The van der Waals surface area contributed by atoms with E-state index in [2.05, 4.69) is 10.4 Å². The van der Waals surface area contributed by atoms with Crippen LogP contribution in [0.5, 0.6) is 0 Å². The van der Waals surface area contributed by atoms with Crippen LogP contribution in [0.25, 0.3) is 0 Å². The number of amides is 3. The first-order chi connectivity index (χ1) is 11.2. The van der Waals surface area contributed by atoms with Crippen molar-refractivity contribution in [1.29, 1.82) is 0 Å². The smallest absolute Gasteiger partial charge is 0.325 e. The van der Waals surface area contributed by atoms with Gasteiger partial charge in [-0.1, -0.05) is 0 Å². The lowest BCUT2D eigenvalue weighted by Gasteiger charge is -2.21. The van der Waals surface area contributed by atoms with Crippen LogP contribution in [0.15, 0.2) is 22.7 Å². The number of imide groups is 1. The molecule has 7 nitrogen and oxygen atoms in total. The second-order valence-corrected chi connectivity index (χ2v) is 6.65. The highest BCUT2D eigenvalue weighted by Gasteiger charge is 2.50. The summed E-state index contributed by atoms with van der Waals surface area (Å²) >= 11 is 0. The lowest BCUT2D eigenvalue weighted by molar-refractivity contribution is -0.131. The van der Waals surface area contributed by atoms with Crippen LogP contribution in [0.1, 0.15) is 49.6 Å². The summed E-state index contributed by atoms with van der Waals surface area (Å²) in [7, 11) is 0. The minimum atomic E-state index is -1.11. The summed E-state index contributed by atoms with van der Waals surface area (Å²) in [6.07, 6.45) is 1.85. The second-order valence-electron chi connectivity index (χ2n) is 6.65. The van der Waals surface area contributed by atoms with Crippen LogP contribution in [0.4, 0.5) is 4.79 Å². The van der Waals surface area contributed by atoms with Gasteiger partial charge in [0.05, 0.1) is 12.2 Å². The maximum Gasteiger partial charge on any atom is 0.325 e. The number of hydrogen-bond acceptors (Lipinski definition) is 4. The molecule has 3 rings (SSSR count). The molecule has 1 aliphatic heterocycles. The van der Waals surface area contributed by atoms with Crippen LogP contribution in [-0.4, -0.2) is 26.6 Å². The predicted molar refractivity (Wildman–Crippen MR) is 87.2 cm³/mol. The maximum atomic E-state index is 12.9. The Balaban J connectivity index is 1.87. The molecule has 0 aliphatic carbocycles. The summed E-state index contributed by atoms with van der Waals surface area (Å²) in [4.78, 5) is 26.5. The standard InChI is InChI=1S/C17H22N4O3/c1-10(2)21-7-6-13(19-21)9-20-15(22)17(5,18-16(20)23)14-8-11(3)24-12(14)4/h6-8,10H,9H2,1-5H3,(H,18,23). The summed E-state index contributed by atoms with van der Waals surface area (Å²) < 4.78 is 7.32. The van der Waals surface area contributed by atoms with Crippen LogP contribution < -0.4 is 5.32 Å². The van der Waals surface area contributed by atoms with Crippen molar-refractivity contribution < 1.29 is 14.0 Å². The summed E-state index contributed by atoms with van der Waals surface area (Å²) in [6, 6.07) is 3.43. The summed E-state index contributed by atoms with van der Waals surface area (Å²) in [5.41, 5.74) is 0.254. The number of aryl methyl sites for hydroxylation is 2. The van der Waals surface area contributed by atoms with Crippen LogP contribution in [0.3, 0.4) is 0 Å². The molecule has 1 aliphatic rings. The van der Waals surface area contributed by atoms with Crippen molar-refractivity contribution in [3.8, 4) is 0 Å². The van der Waals surface area contributed by atoms with Gasteiger partial charge in [0, 0.05) is 17.8 Å². The molecule has 0 aromatic carbocycles. The fourth-order valence-electron chi connectivity index (χ4n) is 3.06. The van der Waals surface area contributed by atoms with Crippen molar-refractivity contribution in [3.63, 3.8) is 0 Å². The van der Waals surface area contributed by atoms with E-state index in [0.29, 0.717) is 22.8 Å². The molecule has 0 spiro atoms. The van der Waals surface area contributed by atoms with Gasteiger partial charge in [0.25, 0.3) is 5.91 Å². The molecule has 1 fully saturated rings. The van der Waals surface area contributed by atoms with Crippen molar-refractivity contribution in [2.45, 2.75) is 52.7 Å². The van der Waals surface area contributed by atoms with E-state index in [4.69, 9.17) is 4.42 Å². The molecule has 24 heavy (non-hydrogen) atoms. The number of hydrogen-bond donors (Lipinski definition) is 1. The van der Waals surface area contributed by atoms with Gasteiger partial charge in [0.15, 0.2) is 0 Å². The normalized spacial score (nSPS) is 21.0. The first-order valence-electron chi connectivity index (χ1n) is 7.98. The van der Waals surface area contributed by atoms with Crippen LogP contribution in [0.2, 0.25) is 0 Å². The van der Waals surface area contributed by atoms with Gasteiger partial charge in [-0.3, -0.25) is 14.4 Å². The molecule has 1 saturated heterocycles. The molecule has 1 N–H and O–H groups in total. The molecule has 3 heterocycles. The van der Waals surface area contributed by atoms with Crippen molar-refractivity contribution in [2.24, 2.45) is 0 Å². The molecular formula is C17H22N4O3. The van der Waals surface area contributed by atoms with E-state index < -0.39 is 11.6 Å². The Morgan fingerprint density at radius 2 is 2.04 bits per heavy atom. The molecule has 0 radical (unpaired) electrons. The number of carbonyl (C=O) groups excluding carboxylic acids is 2. The van der Waals surface area contributed by atoms with Gasteiger partial charge in [-0.2, -0.15) is 5.10 Å². The Hall–Kier alpha value is -2.57. The van der Waals surface area contributed by atoms with E-state index in [-0.39, 0.29) is 18.5 Å². The third-order valence-electron chi connectivity index (χ3n) is 4.37. The first kappa shape index (κ1) is 16.3. The average Bonchev–Trinajstić information content (AvgIpc) is 3.14. The molecular weight excluding hydrogens is 308 g/mol. The van der Waals surface area contributed by atoms with Gasteiger partial charge in [0.1, 0.15) is 17.1 Å². The lowest BCUT2D eigenvalue weighted by Crippen LogP contribution is -2.41. The Kier molecular flexibility index (Phi) is 3.74. The molecule has 0 bridgehead atoms. The highest BCUT2D eigenvalue weighted by atomic mass is 16.3. The highest BCUT2D eigenvalue weighted by molar-refractivity contribution is 6.07. The first-order valence-corrected chi connectivity index (χ1v) is 7.98. The minimum absolute atomic E-state index is 0.149. The summed E-state index contributed by atoms with van der Waals surface area (Å²) in [6.45, 7) is 9.50. The van der Waals surface area contributed by atoms with E-state index in [9.17, 15) is 9.59 Å². The zero-order valence-electron chi connectivity index (χ0n) is 14.6. The fraction of sp³-hybridized carbons (Fsp3) is 0.471. The number of furan rings is 1. The zero-order valence-corrected chi connectivity index (χ0v) is 14.6. The molecule has 1 unspecified atom stereocenters. The Morgan fingerprint density at radius 1 is 1.33 bits per heavy atom. The van der Waals surface area contributed by atoms with Crippen molar-refractivity contribution >= 4 is 11.9 Å². The molecule has 2 aromatic rings. The SMILES string of the molecule is Cc1cc(C2(C)NC(=O)N(Cc3ccn(C(C)C)n3)C2=O)c(C)o1. The minimum Gasteiger partial charge on any atom is -0.466 e. The van der Waals surface area contributed by atoms with Crippen molar-refractivity contribution in [3.05, 3.63) is 41.1 Å². The molecule has 0 saturated carbocycles. The zero-order chi connectivity index (χ0) is 17.6. The van der Waals surface area contributed by atoms with Crippen molar-refractivity contribution in [2.75, 3.05) is 0 Å². The quantitative estimate of drug-likeness (QED) is 0.874. The molecule has 3 amide bonds. The molecule has 1 atom stereocenters. The van der Waals surface area contributed by atoms with Gasteiger partial charge >= 0.3 is 6.03 Å². The van der Waals surface area contributed by atoms with E-state index in [0.717, 1.165) is 0 Å². The lowest BCUT2D eigenvalue weighted by atomic mass is 9.92. The monoisotopic (exact) mass is 330 g/mol. The van der Waals surface area contributed by atoms with E-state index >= 15 is 0 Å². The number of rotatable bonds is 4. The van der Waals surface area contributed by atoms with E-state index in [1.807, 2.05) is 33.0 Å². The van der Waals surface area contributed by atoms with Gasteiger partial charge in [-0.05, 0) is 46.8 Å². The largest absolute Gasteiger partial charge is 0.466 e.